The lowest BCUT2D eigenvalue weighted by molar-refractivity contribution is 0.430. The second kappa shape index (κ2) is 2.88. The fraction of sp³-hybridized carbons (Fsp3) is 0.111. The van der Waals surface area contributed by atoms with Gasteiger partial charge in [-0.3, -0.25) is 4.98 Å². The van der Waals surface area contributed by atoms with Crippen LogP contribution < -0.4 is 0 Å². The smallest absolute Gasteiger partial charge is 0.261 e. The molecule has 6 nitrogen and oxygen atoms in total. The summed E-state index contributed by atoms with van der Waals surface area (Å²) in [5, 5.41) is 3.54. The number of hydrogen-bond donors (Lipinski definition) is 0. The first-order valence-electron chi connectivity index (χ1n) is 4.33. The average molecular weight is 202 g/mol. The Labute approximate surface area is 84.0 Å². The van der Waals surface area contributed by atoms with Crippen molar-refractivity contribution in [3.8, 4) is 11.5 Å². The first-order valence-corrected chi connectivity index (χ1v) is 4.33. The van der Waals surface area contributed by atoms with E-state index in [1.165, 1.54) is 6.33 Å². The fourth-order valence-corrected chi connectivity index (χ4v) is 1.41. The molecule has 3 heterocycles. The highest BCUT2D eigenvalue weighted by Crippen LogP contribution is 2.25. The summed E-state index contributed by atoms with van der Waals surface area (Å²) < 4.78 is 10.3. The molecule has 0 aliphatic heterocycles. The lowest BCUT2D eigenvalue weighted by atomic mass is 10.2. The van der Waals surface area contributed by atoms with E-state index in [4.69, 9.17) is 8.94 Å². The second-order valence-corrected chi connectivity index (χ2v) is 3.01. The molecule has 0 saturated carbocycles. The molecule has 3 rings (SSSR count). The zero-order chi connectivity index (χ0) is 10.3. The van der Waals surface area contributed by atoms with Crippen molar-refractivity contribution in [3.63, 3.8) is 0 Å². The number of aryl methyl sites for hydroxylation is 1. The van der Waals surface area contributed by atoms with Gasteiger partial charge in [-0.2, -0.15) is 4.98 Å². The molecule has 74 valence electrons. The third-order valence-electron chi connectivity index (χ3n) is 2.00. The van der Waals surface area contributed by atoms with Gasteiger partial charge in [-0.05, 0) is 0 Å². The molecule has 0 atom stereocenters. The maximum absolute atomic E-state index is 5.34. The topological polar surface area (TPSA) is 77.8 Å². The Morgan fingerprint density at radius 2 is 2.20 bits per heavy atom. The van der Waals surface area contributed by atoms with Crippen LogP contribution in [0.25, 0.3) is 22.6 Å². The molecule has 0 fully saturated rings. The van der Waals surface area contributed by atoms with Gasteiger partial charge in [-0.1, -0.05) is 5.16 Å². The van der Waals surface area contributed by atoms with Crippen LogP contribution in [0, 0.1) is 6.92 Å². The van der Waals surface area contributed by atoms with Crippen LogP contribution >= 0.6 is 0 Å². The van der Waals surface area contributed by atoms with E-state index in [9.17, 15) is 0 Å². The zero-order valence-corrected chi connectivity index (χ0v) is 7.84. The normalized spacial score (nSPS) is 11.0. The lowest BCUT2D eigenvalue weighted by Crippen LogP contribution is -1.82. The van der Waals surface area contributed by atoms with Crippen LogP contribution in [-0.4, -0.2) is 20.1 Å². The van der Waals surface area contributed by atoms with Crippen molar-refractivity contribution in [2.24, 2.45) is 0 Å². The fourth-order valence-electron chi connectivity index (χ4n) is 1.41. The first-order chi connectivity index (χ1) is 7.34. The summed E-state index contributed by atoms with van der Waals surface area (Å²) in [4.78, 5) is 12.2. The van der Waals surface area contributed by atoms with Crippen molar-refractivity contribution in [1.82, 2.24) is 20.1 Å². The van der Waals surface area contributed by atoms with Crippen LogP contribution in [0.3, 0.4) is 0 Å². The molecule has 0 aliphatic carbocycles. The number of fused-ring (bicyclic) bond motifs is 1. The molecule has 3 aromatic heterocycles. The largest absolute Gasteiger partial charge is 0.439 e. The summed E-state index contributed by atoms with van der Waals surface area (Å²) in [7, 11) is 0. The quantitative estimate of drug-likeness (QED) is 0.596. The highest BCUT2D eigenvalue weighted by atomic mass is 16.5. The third-order valence-corrected chi connectivity index (χ3v) is 2.00. The lowest BCUT2D eigenvalue weighted by Gasteiger charge is -1.92. The third kappa shape index (κ3) is 1.18. The molecule has 15 heavy (non-hydrogen) atoms. The van der Waals surface area contributed by atoms with Crippen molar-refractivity contribution in [2.45, 2.75) is 6.92 Å². The molecule has 0 bridgehead atoms. The Morgan fingerprint density at radius 3 is 3.00 bits per heavy atom. The van der Waals surface area contributed by atoms with Gasteiger partial charge in [0.1, 0.15) is 5.52 Å². The molecular formula is C9H6N4O2. The van der Waals surface area contributed by atoms with E-state index < -0.39 is 0 Å². The van der Waals surface area contributed by atoms with E-state index in [1.807, 2.05) is 0 Å². The van der Waals surface area contributed by atoms with Crippen LogP contribution in [0.2, 0.25) is 0 Å². The molecule has 0 unspecified atom stereocenters. The van der Waals surface area contributed by atoms with E-state index >= 15 is 0 Å². The predicted octanol–water partition coefficient (Wildman–Crippen LogP) is 1.58. The molecule has 0 aliphatic rings. The van der Waals surface area contributed by atoms with E-state index in [0.717, 1.165) is 0 Å². The number of hydrogen-bond acceptors (Lipinski definition) is 6. The highest BCUT2D eigenvalue weighted by Gasteiger charge is 2.13. The highest BCUT2D eigenvalue weighted by molar-refractivity contribution is 5.86. The van der Waals surface area contributed by atoms with Gasteiger partial charge in [0.2, 0.25) is 0 Å². The van der Waals surface area contributed by atoms with Gasteiger partial charge in [0, 0.05) is 13.1 Å². The van der Waals surface area contributed by atoms with Crippen molar-refractivity contribution < 1.29 is 8.94 Å². The summed E-state index contributed by atoms with van der Waals surface area (Å²) in [5.74, 6) is 0.972. The van der Waals surface area contributed by atoms with Gasteiger partial charge in [0.05, 0.1) is 11.8 Å². The van der Waals surface area contributed by atoms with Gasteiger partial charge >= 0.3 is 0 Å². The standard InChI is InChI=1S/C9H6N4O2/c1-5-13-8-6(9-11-4-12-15-9)2-10-3-7(8)14-5/h2-4H,1H3. The van der Waals surface area contributed by atoms with Crippen LogP contribution in [0.4, 0.5) is 0 Å². The average Bonchev–Trinajstić information content (AvgIpc) is 2.82. The number of rotatable bonds is 1. The summed E-state index contributed by atoms with van der Waals surface area (Å²) in [6.45, 7) is 1.78. The van der Waals surface area contributed by atoms with E-state index in [1.54, 1.807) is 19.3 Å². The number of nitrogens with zero attached hydrogens (tertiary/aromatic N) is 4. The van der Waals surface area contributed by atoms with Crippen LogP contribution in [-0.2, 0) is 0 Å². The first kappa shape index (κ1) is 8.10. The van der Waals surface area contributed by atoms with Crippen molar-refractivity contribution in [3.05, 3.63) is 24.6 Å². The van der Waals surface area contributed by atoms with Gasteiger partial charge in [0.25, 0.3) is 5.89 Å². The molecule has 0 saturated heterocycles. The molecule has 0 N–H and O–H groups in total. The molecule has 0 aromatic carbocycles. The molecule has 0 radical (unpaired) electrons. The predicted molar refractivity (Wildman–Crippen MR) is 49.8 cm³/mol. The van der Waals surface area contributed by atoms with Gasteiger partial charge in [-0.25, -0.2) is 4.98 Å². The Hall–Kier alpha value is -2.24. The molecule has 3 aromatic rings. The Balaban J connectivity index is 2.35. The van der Waals surface area contributed by atoms with Crippen LogP contribution in [0.1, 0.15) is 5.89 Å². The van der Waals surface area contributed by atoms with E-state index in [-0.39, 0.29) is 0 Å². The molecule has 0 amide bonds. The Bertz CT molecular complexity index is 600. The van der Waals surface area contributed by atoms with Gasteiger partial charge < -0.3 is 8.94 Å². The van der Waals surface area contributed by atoms with Gasteiger partial charge in [-0.15, -0.1) is 0 Å². The minimum Gasteiger partial charge on any atom is -0.439 e. The second-order valence-electron chi connectivity index (χ2n) is 3.01. The zero-order valence-electron chi connectivity index (χ0n) is 7.84. The molecule has 6 heteroatoms. The monoisotopic (exact) mass is 202 g/mol. The number of pyridine rings is 1. The summed E-state index contributed by atoms with van der Waals surface area (Å²) in [6, 6.07) is 0. The Kier molecular flexibility index (Phi) is 1.55. The molecular weight excluding hydrogens is 196 g/mol. The van der Waals surface area contributed by atoms with Crippen molar-refractivity contribution >= 4 is 11.1 Å². The SMILES string of the molecule is Cc1nc2c(-c3ncno3)cncc2o1. The Morgan fingerprint density at radius 1 is 1.27 bits per heavy atom. The minimum absolute atomic E-state index is 0.390. The number of oxazole rings is 1. The van der Waals surface area contributed by atoms with E-state index in [0.29, 0.717) is 28.4 Å². The van der Waals surface area contributed by atoms with Crippen molar-refractivity contribution in [2.75, 3.05) is 0 Å². The maximum atomic E-state index is 5.34. The van der Waals surface area contributed by atoms with Gasteiger partial charge in [0.15, 0.2) is 17.8 Å². The molecule has 0 spiro atoms. The minimum atomic E-state index is 0.390. The summed E-state index contributed by atoms with van der Waals surface area (Å²) >= 11 is 0. The van der Waals surface area contributed by atoms with Crippen molar-refractivity contribution in [1.29, 1.82) is 0 Å². The van der Waals surface area contributed by atoms with E-state index in [2.05, 4.69) is 20.1 Å². The summed E-state index contributed by atoms with van der Waals surface area (Å²) in [5.41, 5.74) is 1.98. The van der Waals surface area contributed by atoms with Crippen LogP contribution in [0.15, 0.2) is 27.7 Å². The number of aromatic nitrogens is 4. The maximum Gasteiger partial charge on any atom is 0.261 e. The van der Waals surface area contributed by atoms with Crippen LogP contribution in [0.5, 0.6) is 0 Å². The summed E-state index contributed by atoms with van der Waals surface area (Å²) in [6.07, 6.45) is 4.56.